The Labute approximate surface area is 279 Å². The van der Waals surface area contributed by atoms with Gasteiger partial charge in [0, 0.05) is 40.5 Å². The van der Waals surface area contributed by atoms with Gasteiger partial charge in [-0.15, -0.1) is 0 Å². The Bertz CT molecular complexity index is 1300. The number of fused-ring (bicyclic) bond motifs is 1. The zero-order valence-corrected chi connectivity index (χ0v) is 28.2. The first-order valence-electron chi connectivity index (χ1n) is 15.8. The van der Waals surface area contributed by atoms with E-state index in [-0.39, 0.29) is 32.1 Å². The lowest BCUT2D eigenvalue weighted by molar-refractivity contribution is -0.367. The highest BCUT2D eigenvalue weighted by Gasteiger charge is 2.57. The van der Waals surface area contributed by atoms with E-state index in [0.29, 0.717) is 0 Å². The molecule has 0 spiro atoms. The van der Waals surface area contributed by atoms with Crippen molar-refractivity contribution in [1.29, 1.82) is 0 Å². The maximum atomic E-state index is 12.6. The highest BCUT2D eigenvalue weighted by Crippen LogP contribution is 2.41. The quantitative estimate of drug-likeness (QED) is 0.264. The highest BCUT2D eigenvalue weighted by molar-refractivity contribution is 5.73. The molecule has 3 fully saturated rings. The summed E-state index contributed by atoms with van der Waals surface area (Å²) in [5.74, 6) is -4.85. The molecule has 1 aromatic rings. The number of carbonyl (C=O) groups is 5. The summed E-state index contributed by atoms with van der Waals surface area (Å²) in [7, 11) is 0. The lowest BCUT2D eigenvalue weighted by Gasteiger charge is -2.53. The first-order chi connectivity index (χ1) is 22.6. The molecule has 3 saturated heterocycles. The SMILES string of the molecule is CC(=O)N[C@H]1[C@@H](OCc2ccccc2)O[C@@H]2COC(C)(C)O[C@H]2[C@@H]1C[C@H]1O[C@H](COC(C)=O)[C@H](OC(C)=O)[C@H](OC(C)=O)[C@H]1OC(C)=O. The Kier molecular flexibility index (Phi) is 12.5. The van der Waals surface area contributed by atoms with Gasteiger partial charge in [-0.05, 0) is 25.8 Å². The normalized spacial score (nSPS) is 32.6. The fourth-order valence-corrected chi connectivity index (χ4v) is 6.32. The summed E-state index contributed by atoms with van der Waals surface area (Å²) < 4.78 is 53.4. The van der Waals surface area contributed by atoms with Gasteiger partial charge < -0.3 is 47.9 Å². The van der Waals surface area contributed by atoms with E-state index in [0.717, 1.165) is 19.4 Å². The van der Waals surface area contributed by atoms with Crippen LogP contribution in [-0.2, 0) is 73.2 Å². The number of amides is 1. The van der Waals surface area contributed by atoms with Gasteiger partial charge in [-0.1, -0.05) is 30.3 Å². The number of hydrogen-bond acceptors (Lipinski definition) is 14. The predicted molar refractivity (Wildman–Crippen MR) is 162 cm³/mol. The van der Waals surface area contributed by atoms with Gasteiger partial charge in [-0.2, -0.15) is 0 Å². The lowest BCUT2D eigenvalue weighted by atomic mass is 9.79. The molecular weight excluding hydrogens is 634 g/mol. The van der Waals surface area contributed by atoms with Crippen molar-refractivity contribution >= 4 is 29.8 Å². The van der Waals surface area contributed by atoms with E-state index in [4.69, 9.17) is 42.6 Å². The van der Waals surface area contributed by atoms with Crippen molar-refractivity contribution in [3.63, 3.8) is 0 Å². The molecule has 0 saturated carbocycles. The molecule has 3 heterocycles. The molecule has 15 heteroatoms. The van der Waals surface area contributed by atoms with Crippen molar-refractivity contribution in [2.45, 2.75) is 122 Å². The molecule has 10 atom stereocenters. The monoisotopic (exact) mass is 679 g/mol. The van der Waals surface area contributed by atoms with Crippen molar-refractivity contribution in [1.82, 2.24) is 5.32 Å². The van der Waals surface area contributed by atoms with E-state index in [1.807, 2.05) is 30.3 Å². The van der Waals surface area contributed by atoms with Crippen LogP contribution in [0.3, 0.4) is 0 Å². The topological polar surface area (TPSA) is 180 Å². The average molecular weight is 680 g/mol. The molecule has 1 amide bonds. The number of rotatable bonds is 11. The van der Waals surface area contributed by atoms with Crippen LogP contribution in [0.5, 0.6) is 0 Å². The fourth-order valence-electron chi connectivity index (χ4n) is 6.32. The van der Waals surface area contributed by atoms with Crippen molar-refractivity contribution in [3.05, 3.63) is 35.9 Å². The van der Waals surface area contributed by atoms with Crippen molar-refractivity contribution in [2.24, 2.45) is 5.92 Å². The summed E-state index contributed by atoms with van der Waals surface area (Å²) in [5.41, 5.74) is 0.873. The van der Waals surface area contributed by atoms with E-state index in [1.54, 1.807) is 13.8 Å². The van der Waals surface area contributed by atoms with Crippen LogP contribution in [0.25, 0.3) is 0 Å². The number of carbonyl (C=O) groups excluding carboxylic acids is 5. The Balaban J connectivity index is 1.76. The molecule has 15 nitrogen and oxygen atoms in total. The van der Waals surface area contributed by atoms with E-state index in [9.17, 15) is 24.0 Å². The maximum Gasteiger partial charge on any atom is 0.303 e. The summed E-state index contributed by atoms with van der Waals surface area (Å²) in [5, 5.41) is 2.96. The first-order valence-corrected chi connectivity index (χ1v) is 15.8. The molecule has 1 N–H and O–H groups in total. The fraction of sp³-hybridized carbons (Fsp3) is 0.667. The third kappa shape index (κ3) is 9.95. The van der Waals surface area contributed by atoms with Gasteiger partial charge in [0.25, 0.3) is 0 Å². The van der Waals surface area contributed by atoms with Gasteiger partial charge >= 0.3 is 23.9 Å². The summed E-state index contributed by atoms with van der Waals surface area (Å²) in [4.78, 5) is 61.5. The Morgan fingerprint density at radius 2 is 1.42 bits per heavy atom. The number of esters is 4. The predicted octanol–water partition coefficient (Wildman–Crippen LogP) is 1.72. The number of nitrogens with one attached hydrogen (secondary N) is 1. The molecule has 3 aliphatic rings. The van der Waals surface area contributed by atoms with Gasteiger partial charge in [0.1, 0.15) is 18.8 Å². The zero-order chi connectivity index (χ0) is 35.2. The molecule has 1 aromatic carbocycles. The van der Waals surface area contributed by atoms with Crippen LogP contribution in [0.2, 0.25) is 0 Å². The van der Waals surface area contributed by atoms with E-state index < -0.39 is 90.6 Å². The second-order valence-corrected chi connectivity index (χ2v) is 12.5. The molecular formula is C33H45NO14. The molecule has 0 aliphatic carbocycles. The third-order valence-corrected chi connectivity index (χ3v) is 8.09. The van der Waals surface area contributed by atoms with Crippen LogP contribution in [0, 0.1) is 5.92 Å². The standard InChI is InChI=1S/C33H45NO14/c1-17(35)34-27-23(28-26(16-42-33(6,7)48-28)47-32(27)41-14-22-11-9-8-10-12-22)13-24-29(43-19(3)37)31(45-21(5)39)30(44-20(4)38)25(46-24)15-40-18(2)36/h8-12,23-32H,13-16H2,1-7H3,(H,34,35)/t23-,24-,25-,26-,27-,28+,29+,30+,31-,32+/m1/s1. The minimum Gasteiger partial charge on any atom is -0.463 e. The van der Waals surface area contributed by atoms with Crippen molar-refractivity contribution in [2.75, 3.05) is 13.2 Å². The largest absolute Gasteiger partial charge is 0.463 e. The minimum absolute atomic E-state index is 0.0236. The number of benzene rings is 1. The second kappa shape index (κ2) is 16.2. The summed E-state index contributed by atoms with van der Waals surface area (Å²) in [6, 6.07) is 8.60. The second-order valence-electron chi connectivity index (χ2n) is 12.5. The molecule has 0 aromatic heterocycles. The minimum atomic E-state index is -1.35. The van der Waals surface area contributed by atoms with E-state index in [2.05, 4.69) is 5.32 Å². The smallest absolute Gasteiger partial charge is 0.303 e. The summed E-state index contributed by atoms with van der Waals surface area (Å²) in [6.07, 6.45) is -8.41. The molecule has 4 rings (SSSR count). The summed E-state index contributed by atoms with van der Waals surface area (Å²) >= 11 is 0. The number of ether oxygens (including phenoxy) is 9. The highest BCUT2D eigenvalue weighted by atomic mass is 16.8. The molecule has 0 unspecified atom stereocenters. The van der Waals surface area contributed by atoms with Gasteiger partial charge in [0.05, 0.1) is 31.5 Å². The number of hydrogen-bond donors (Lipinski definition) is 1. The van der Waals surface area contributed by atoms with Crippen LogP contribution >= 0.6 is 0 Å². The average Bonchev–Trinajstić information content (AvgIpc) is 2.98. The van der Waals surface area contributed by atoms with Crippen LogP contribution in [0.15, 0.2) is 30.3 Å². The van der Waals surface area contributed by atoms with Crippen molar-refractivity contribution in [3.8, 4) is 0 Å². The van der Waals surface area contributed by atoms with Crippen LogP contribution in [0.1, 0.15) is 60.5 Å². The van der Waals surface area contributed by atoms with Gasteiger partial charge in [-0.25, -0.2) is 0 Å². The zero-order valence-electron chi connectivity index (χ0n) is 28.2. The molecule has 266 valence electrons. The first kappa shape index (κ1) is 37.2. The Hall–Kier alpha value is -3.63. The Morgan fingerprint density at radius 1 is 0.812 bits per heavy atom. The van der Waals surface area contributed by atoms with Crippen LogP contribution in [-0.4, -0.2) is 104 Å². The van der Waals surface area contributed by atoms with Gasteiger partial charge in [0.15, 0.2) is 30.4 Å². The van der Waals surface area contributed by atoms with Crippen LogP contribution < -0.4 is 5.32 Å². The molecule has 48 heavy (non-hydrogen) atoms. The maximum absolute atomic E-state index is 12.6. The third-order valence-electron chi connectivity index (χ3n) is 8.09. The summed E-state index contributed by atoms with van der Waals surface area (Å²) in [6.45, 7) is 9.49. The lowest BCUT2D eigenvalue weighted by Crippen LogP contribution is -2.68. The van der Waals surface area contributed by atoms with Gasteiger partial charge in [-0.3, -0.25) is 24.0 Å². The molecule has 0 radical (unpaired) electrons. The van der Waals surface area contributed by atoms with Crippen molar-refractivity contribution < 1.29 is 66.6 Å². The van der Waals surface area contributed by atoms with Gasteiger partial charge in [0.2, 0.25) is 5.91 Å². The molecule has 0 bridgehead atoms. The van der Waals surface area contributed by atoms with E-state index >= 15 is 0 Å². The Morgan fingerprint density at radius 3 is 2.00 bits per heavy atom. The van der Waals surface area contributed by atoms with Crippen LogP contribution in [0.4, 0.5) is 0 Å². The van der Waals surface area contributed by atoms with E-state index in [1.165, 1.54) is 20.8 Å². The molecule has 3 aliphatic heterocycles.